The summed E-state index contributed by atoms with van der Waals surface area (Å²) in [7, 11) is 0. The third-order valence-corrected chi connectivity index (χ3v) is 4.87. The molecule has 0 amide bonds. The number of aliphatic hydroxyl groups excluding tert-OH is 1. The number of β-amino-alcohol motifs (C(OH)–C–C–N with tert-alkyl or cyclic N) is 1. The van der Waals surface area contributed by atoms with Crippen LogP contribution in [-0.2, 0) is 16.2 Å². The minimum absolute atomic E-state index is 0.0518. The van der Waals surface area contributed by atoms with Crippen molar-refractivity contribution >= 4 is 6.16 Å². The average molecular weight is 401 g/mol. The van der Waals surface area contributed by atoms with E-state index in [1.54, 1.807) is 0 Å². The highest BCUT2D eigenvalue weighted by atomic mass is 16.8. The molecule has 1 aliphatic heterocycles. The molecule has 1 fully saturated rings. The van der Waals surface area contributed by atoms with Gasteiger partial charge in [0, 0.05) is 18.9 Å². The van der Waals surface area contributed by atoms with Crippen LogP contribution in [0.25, 0.3) is 0 Å². The maximum Gasteiger partial charge on any atom is 0.525 e. The lowest BCUT2D eigenvalue weighted by atomic mass is 9.88. The number of carboxylic acid groups (broad SMARTS) is 1. The number of hydrogen-bond acceptors (Lipinski definition) is 6. The molecule has 0 saturated carbocycles. The van der Waals surface area contributed by atoms with Crippen LogP contribution >= 0.6 is 0 Å². The van der Waals surface area contributed by atoms with E-state index >= 15 is 0 Å². The number of hydroxylamine groups is 2. The van der Waals surface area contributed by atoms with Gasteiger partial charge in [-0.05, 0) is 29.7 Å². The van der Waals surface area contributed by atoms with Crippen molar-refractivity contribution in [2.45, 2.75) is 31.5 Å². The van der Waals surface area contributed by atoms with Crippen molar-refractivity contribution in [3.05, 3.63) is 65.7 Å². The summed E-state index contributed by atoms with van der Waals surface area (Å²) in [6.07, 6.45) is -0.623. The first kappa shape index (κ1) is 21.1. The Morgan fingerprint density at radius 3 is 2.52 bits per heavy atom. The van der Waals surface area contributed by atoms with Crippen molar-refractivity contribution in [3.63, 3.8) is 0 Å². The monoisotopic (exact) mass is 401 g/mol. The van der Waals surface area contributed by atoms with E-state index in [1.165, 1.54) is 5.06 Å². The summed E-state index contributed by atoms with van der Waals surface area (Å²) in [6, 6.07) is 17.7. The van der Waals surface area contributed by atoms with Crippen LogP contribution in [0.2, 0.25) is 0 Å². The molecule has 2 unspecified atom stereocenters. The van der Waals surface area contributed by atoms with Gasteiger partial charge in [0.05, 0.1) is 32.5 Å². The zero-order chi connectivity index (χ0) is 20.5. The van der Waals surface area contributed by atoms with Crippen LogP contribution in [-0.4, -0.2) is 53.8 Å². The van der Waals surface area contributed by atoms with Gasteiger partial charge in [0.15, 0.2) is 0 Å². The summed E-state index contributed by atoms with van der Waals surface area (Å²) in [5, 5.41) is 20.3. The second-order valence-electron chi connectivity index (χ2n) is 7.02. The molecule has 3 rings (SSSR count). The quantitative estimate of drug-likeness (QED) is 0.622. The Bertz CT molecular complexity index is 752. The summed E-state index contributed by atoms with van der Waals surface area (Å²) < 4.78 is 11.4. The molecule has 1 heterocycles. The number of aliphatic hydroxyl groups is 1. The fourth-order valence-corrected chi connectivity index (χ4v) is 3.41. The Labute approximate surface area is 170 Å². The highest BCUT2D eigenvalue weighted by molar-refractivity contribution is 5.56. The van der Waals surface area contributed by atoms with E-state index < -0.39 is 12.3 Å². The summed E-state index contributed by atoms with van der Waals surface area (Å²) in [6.45, 7) is 2.43. The van der Waals surface area contributed by atoms with Gasteiger partial charge in [-0.2, -0.15) is 0 Å². The van der Waals surface area contributed by atoms with Crippen LogP contribution < -0.4 is 4.74 Å². The van der Waals surface area contributed by atoms with E-state index in [2.05, 4.69) is 4.84 Å². The summed E-state index contributed by atoms with van der Waals surface area (Å²) in [5.74, 6) is 0.724. The number of benzene rings is 2. The summed E-state index contributed by atoms with van der Waals surface area (Å²) in [4.78, 5) is 15.2. The van der Waals surface area contributed by atoms with E-state index in [1.807, 2.05) is 54.6 Å². The molecule has 156 valence electrons. The maximum atomic E-state index is 10.6. The minimum atomic E-state index is -1.36. The Morgan fingerprint density at radius 2 is 1.83 bits per heavy atom. The first-order valence-corrected chi connectivity index (χ1v) is 9.80. The molecule has 1 saturated heterocycles. The van der Waals surface area contributed by atoms with E-state index in [0.717, 1.165) is 23.3 Å². The topological polar surface area (TPSA) is 88.5 Å². The van der Waals surface area contributed by atoms with Crippen LogP contribution in [0.4, 0.5) is 4.79 Å². The van der Waals surface area contributed by atoms with Crippen molar-refractivity contribution in [3.8, 4) is 5.75 Å². The molecule has 0 aromatic heterocycles. The predicted molar refractivity (Wildman–Crippen MR) is 107 cm³/mol. The molecule has 29 heavy (non-hydrogen) atoms. The zero-order valence-corrected chi connectivity index (χ0v) is 16.3. The van der Waals surface area contributed by atoms with Gasteiger partial charge in [0.2, 0.25) is 0 Å². The second kappa shape index (κ2) is 10.8. The van der Waals surface area contributed by atoms with Crippen molar-refractivity contribution in [1.29, 1.82) is 0 Å². The second-order valence-corrected chi connectivity index (χ2v) is 7.02. The summed E-state index contributed by atoms with van der Waals surface area (Å²) >= 11 is 0. The molecule has 2 aromatic rings. The van der Waals surface area contributed by atoms with Crippen LogP contribution in [0, 0.1) is 0 Å². The van der Waals surface area contributed by atoms with Gasteiger partial charge >= 0.3 is 6.16 Å². The van der Waals surface area contributed by atoms with Crippen LogP contribution in [0.5, 0.6) is 5.75 Å². The molecule has 2 aromatic carbocycles. The van der Waals surface area contributed by atoms with Gasteiger partial charge in [0.1, 0.15) is 5.75 Å². The largest absolute Gasteiger partial charge is 0.525 e. The number of ether oxygens (including phenoxy) is 2. The molecule has 0 aliphatic carbocycles. The third kappa shape index (κ3) is 6.74. The lowest BCUT2D eigenvalue weighted by molar-refractivity contribution is -0.154. The number of carbonyl (C=O) groups is 1. The first-order chi connectivity index (χ1) is 14.1. The van der Waals surface area contributed by atoms with Crippen LogP contribution in [0.15, 0.2) is 54.6 Å². The molecule has 0 spiro atoms. The fourth-order valence-electron chi connectivity index (χ4n) is 3.41. The standard InChI is InChI=1S/C22H27NO6/c24-21-15-23(29-22(25)26)12-11-20(21)18-7-9-19(10-8-18)28-14-4-13-27-16-17-5-2-1-3-6-17/h1-3,5-10,20-21,24H,4,11-16H2,(H,25,26). The third-order valence-electron chi connectivity index (χ3n) is 4.87. The van der Waals surface area contributed by atoms with Crippen molar-refractivity contribution in [2.24, 2.45) is 0 Å². The molecule has 0 bridgehead atoms. The Morgan fingerprint density at radius 1 is 1.07 bits per heavy atom. The normalized spacial score (nSPS) is 19.6. The molecular weight excluding hydrogens is 374 g/mol. The van der Waals surface area contributed by atoms with Crippen LogP contribution in [0.3, 0.4) is 0 Å². The van der Waals surface area contributed by atoms with Crippen LogP contribution in [0.1, 0.15) is 29.9 Å². The average Bonchev–Trinajstić information content (AvgIpc) is 2.72. The van der Waals surface area contributed by atoms with E-state index in [-0.39, 0.29) is 12.5 Å². The van der Waals surface area contributed by atoms with Crippen molar-refractivity contribution in [1.82, 2.24) is 5.06 Å². The predicted octanol–water partition coefficient (Wildman–Crippen LogP) is 3.43. The number of piperidine rings is 1. The SMILES string of the molecule is O=C(O)ON1CCC(c2ccc(OCCCOCc3ccccc3)cc2)C(O)C1. The molecule has 1 aliphatic rings. The fraction of sp³-hybridized carbons (Fsp3) is 0.409. The lowest BCUT2D eigenvalue weighted by Crippen LogP contribution is -2.43. The maximum absolute atomic E-state index is 10.6. The molecular formula is C22H27NO6. The lowest BCUT2D eigenvalue weighted by Gasteiger charge is -2.34. The molecule has 2 atom stereocenters. The highest BCUT2D eigenvalue weighted by Gasteiger charge is 2.30. The Balaban J connectivity index is 1.36. The molecule has 0 radical (unpaired) electrons. The number of hydrogen-bond donors (Lipinski definition) is 2. The smallest absolute Gasteiger partial charge is 0.494 e. The van der Waals surface area contributed by atoms with Gasteiger partial charge in [-0.3, -0.25) is 0 Å². The molecule has 7 nitrogen and oxygen atoms in total. The van der Waals surface area contributed by atoms with E-state index in [4.69, 9.17) is 14.6 Å². The van der Waals surface area contributed by atoms with Crippen molar-refractivity contribution < 1.29 is 29.3 Å². The first-order valence-electron chi connectivity index (χ1n) is 9.80. The van der Waals surface area contributed by atoms with E-state index in [9.17, 15) is 9.90 Å². The highest BCUT2D eigenvalue weighted by Crippen LogP contribution is 2.29. The Hall–Kier alpha value is -2.61. The van der Waals surface area contributed by atoms with Gasteiger partial charge < -0.3 is 24.5 Å². The minimum Gasteiger partial charge on any atom is -0.494 e. The van der Waals surface area contributed by atoms with Crippen molar-refractivity contribution in [2.75, 3.05) is 26.3 Å². The van der Waals surface area contributed by atoms with Gasteiger partial charge in [-0.15, -0.1) is 5.06 Å². The number of nitrogens with zero attached hydrogens (tertiary/aromatic N) is 1. The zero-order valence-electron chi connectivity index (χ0n) is 16.3. The summed E-state index contributed by atoms with van der Waals surface area (Å²) in [5.41, 5.74) is 2.16. The number of rotatable bonds is 9. The van der Waals surface area contributed by atoms with Gasteiger partial charge in [-0.1, -0.05) is 42.5 Å². The molecule has 2 N–H and O–H groups in total. The van der Waals surface area contributed by atoms with Gasteiger partial charge in [0.25, 0.3) is 0 Å². The van der Waals surface area contributed by atoms with E-state index in [0.29, 0.717) is 32.8 Å². The molecule has 7 heteroatoms. The van der Waals surface area contributed by atoms with Gasteiger partial charge in [-0.25, -0.2) is 4.79 Å². The Kier molecular flexibility index (Phi) is 7.86.